The van der Waals surface area contributed by atoms with Gasteiger partial charge in [0.05, 0.1) is 18.1 Å². The van der Waals surface area contributed by atoms with Gasteiger partial charge in [-0.15, -0.1) is 0 Å². The quantitative estimate of drug-likeness (QED) is 0.303. The predicted molar refractivity (Wildman–Crippen MR) is 147 cm³/mol. The molecule has 0 saturated heterocycles. The molecule has 0 atom stereocenters. The van der Waals surface area contributed by atoms with E-state index in [1.807, 2.05) is 31.2 Å². The van der Waals surface area contributed by atoms with E-state index in [-0.39, 0.29) is 28.3 Å². The molecule has 3 heterocycles. The first-order valence-corrected chi connectivity index (χ1v) is 14.0. The third-order valence-corrected chi connectivity index (χ3v) is 7.13. The number of amides is 1. The smallest absolute Gasteiger partial charge is 0.269 e. The van der Waals surface area contributed by atoms with Crippen LogP contribution in [0.25, 0.3) is 11.3 Å². The lowest BCUT2D eigenvalue weighted by atomic mass is 9.94. The van der Waals surface area contributed by atoms with Crippen LogP contribution in [0.2, 0.25) is 0 Å². The zero-order chi connectivity index (χ0) is 28.2. The van der Waals surface area contributed by atoms with E-state index in [0.29, 0.717) is 29.3 Å². The molecule has 0 fully saturated rings. The third-order valence-electron chi connectivity index (χ3n) is 5.85. The van der Waals surface area contributed by atoms with Crippen molar-refractivity contribution in [2.24, 2.45) is 13.0 Å². The van der Waals surface area contributed by atoms with Crippen LogP contribution in [-0.4, -0.2) is 46.1 Å². The molecule has 11 nitrogen and oxygen atoms in total. The van der Waals surface area contributed by atoms with Crippen molar-refractivity contribution in [2.75, 3.05) is 11.8 Å². The lowest BCUT2D eigenvalue weighted by Crippen LogP contribution is -2.18. The Morgan fingerprint density at radius 3 is 2.49 bits per heavy atom. The van der Waals surface area contributed by atoms with Crippen molar-refractivity contribution in [1.29, 1.82) is 0 Å². The third kappa shape index (κ3) is 6.40. The van der Waals surface area contributed by atoms with Crippen molar-refractivity contribution in [3.8, 4) is 22.9 Å². The molecule has 1 aromatic carbocycles. The van der Waals surface area contributed by atoms with Gasteiger partial charge in [0.1, 0.15) is 16.3 Å². The molecule has 0 bridgehead atoms. The van der Waals surface area contributed by atoms with Gasteiger partial charge in [-0.05, 0) is 36.5 Å². The Bertz CT molecular complexity index is 1580. The molecule has 39 heavy (non-hydrogen) atoms. The van der Waals surface area contributed by atoms with Gasteiger partial charge < -0.3 is 10.1 Å². The molecule has 0 spiro atoms. The van der Waals surface area contributed by atoms with Gasteiger partial charge in [-0.3, -0.25) is 9.48 Å². The number of benzene rings is 1. The maximum absolute atomic E-state index is 13.1. The Hall–Kier alpha value is -4.32. The summed E-state index contributed by atoms with van der Waals surface area (Å²) in [5.74, 6) is 0.435. The monoisotopic (exact) mass is 549 g/mol. The maximum atomic E-state index is 13.1. The molecule has 1 amide bonds. The van der Waals surface area contributed by atoms with E-state index in [0.717, 1.165) is 17.5 Å². The second-order valence-corrected chi connectivity index (χ2v) is 11.0. The lowest BCUT2D eigenvalue weighted by molar-refractivity contribution is 0.0958. The van der Waals surface area contributed by atoms with Crippen molar-refractivity contribution in [1.82, 2.24) is 30.0 Å². The average Bonchev–Trinajstić information content (AvgIpc) is 3.35. The van der Waals surface area contributed by atoms with E-state index in [1.54, 1.807) is 13.1 Å². The molecule has 0 aliphatic rings. The minimum Gasteiger partial charge on any atom is -0.437 e. The summed E-state index contributed by atoms with van der Waals surface area (Å²) in [5, 5.41) is 6.47. The Kier molecular flexibility index (Phi) is 8.24. The van der Waals surface area contributed by atoms with Gasteiger partial charge in [0.15, 0.2) is 0 Å². The van der Waals surface area contributed by atoms with Crippen molar-refractivity contribution < 1.29 is 17.9 Å². The van der Waals surface area contributed by atoms with Crippen LogP contribution in [0.4, 0.5) is 5.95 Å². The van der Waals surface area contributed by atoms with Crippen LogP contribution in [0, 0.1) is 5.92 Å². The molecule has 2 N–H and O–H groups in total. The van der Waals surface area contributed by atoms with Crippen LogP contribution in [0.3, 0.4) is 0 Å². The van der Waals surface area contributed by atoms with Gasteiger partial charge in [0, 0.05) is 31.4 Å². The fourth-order valence-electron chi connectivity index (χ4n) is 4.04. The number of sulfonamides is 1. The number of anilines is 1. The number of hydrogen-bond acceptors (Lipinski definition) is 8. The van der Waals surface area contributed by atoms with Crippen LogP contribution in [0.5, 0.6) is 11.6 Å². The maximum Gasteiger partial charge on any atom is 0.269 e. The number of hydrogen-bond donors (Lipinski definition) is 2. The normalized spacial score (nSPS) is 11.4. The standard InChI is InChI=1S/C27H31N7O4S/c1-6-21-24(22-10-8-7-9-18(22)13-17(2)3)31-27(33-39(36,37)20-15-30-34(5)16-20)32-26(21)38-19-11-12-23(29-14-19)25(35)28-4/h7-12,14-17H,6,13H2,1-5H3,(H,28,35)(H,31,32,33). The summed E-state index contributed by atoms with van der Waals surface area (Å²) in [6.07, 6.45) is 5.37. The average molecular weight is 550 g/mol. The zero-order valence-electron chi connectivity index (χ0n) is 22.5. The molecule has 0 saturated carbocycles. The summed E-state index contributed by atoms with van der Waals surface area (Å²) >= 11 is 0. The number of pyridine rings is 1. The number of carbonyl (C=O) groups is 1. The highest BCUT2D eigenvalue weighted by Gasteiger charge is 2.23. The van der Waals surface area contributed by atoms with Crippen molar-refractivity contribution in [2.45, 2.75) is 38.5 Å². The van der Waals surface area contributed by atoms with Crippen LogP contribution in [-0.2, 0) is 29.9 Å². The first kappa shape index (κ1) is 27.7. The summed E-state index contributed by atoms with van der Waals surface area (Å²) in [5.41, 5.74) is 3.44. The van der Waals surface area contributed by atoms with Crippen molar-refractivity contribution in [3.05, 3.63) is 71.8 Å². The minimum absolute atomic E-state index is 0.0219. The largest absolute Gasteiger partial charge is 0.437 e. The zero-order valence-corrected chi connectivity index (χ0v) is 23.3. The lowest BCUT2D eigenvalue weighted by Gasteiger charge is -2.18. The molecule has 0 radical (unpaired) electrons. The van der Waals surface area contributed by atoms with E-state index in [1.165, 1.54) is 36.4 Å². The minimum atomic E-state index is -4.02. The first-order valence-electron chi connectivity index (χ1n) is 12.5. The second-order valence-electron chi connectivity index (χ2n) is 9.30. The number of carbonyl (C=O) groups excluding carboxylic acids is 1. The molecule has 4 rings (SSSR count). The highest BCUT2D eigenvalue weighted by atomic mass is 32.2. The van der Waals surface area contributed by atoms with E-state index in [2.05, 4.69) is 43.9 Å². The van der Waals surface area contributed by atoms with Gasteiger partial charge >= 0.3 is 0 Å². The van der Waals surface area contributed by atoms with E-state index >= 15 is 0 Å². The molecule has 204 valence electrons. The highest BCUT2D eigenvalue weighted by Crippen LogP contribution is 2.35. The molecule has 0 aliphatic carbocycles. The predicted octanol–water partition coefficient (Wildman–Crippen LogP) is 3.99. The Morgan fingerprint density at radius 1 is 1.10 bits per heavy atom. The fraction of sp³-hybridized carbons (Fsp3) is 0.296. The van der Waals surface area contributed by atoms with Crippen molar-refractivity contribution in [3.63, 3.8) is 0 Å². The topological polar surface area (TPSA) is 141 Å². The van der Waals surface area contributed by atoms with Gasteiger partial charge in [-0.2, -0.15) is 10.1 Å². The van der Waals surface area contributed by atoms with Crippen LogP contribution in [0.1, 0.15) is 42.4 Å². The van der Waals surface area contributed by atoms with Crippen LogP contribution >= 0.6 is 0 Å². The Labute approximate surface area is 227 Å². The summed E-state index contributed by atoms with van der Waals surface area (Å²) in [6, 6.07) is 11.0. The highest BCUT2D eigenvalue weighted by molar-refractivity contribution is 7.92. The number of ether oxygens (including phenoxy) is 1. The fourth-order valence-corrected chi connectivity index (χ4v) is 4.96. The molecule has 0 aliphatic heterocycles. The van der Waals surface area contributed by atoms with Gasteiger partial charge in [-0.1, -0.05) is 45.0 Å². The van der Waals surface area contributed by atoms with E-state index < -0.39 is 10.0 Å². The molecule has 3 aromatic heterocycles. The molecular weight excluding hydrogens is 518 g/mol. The van der Waals surface area contributed by atoms with E-state index in [4.69, 9.17) is 4.74 Å². The number of aromatic nitrogens is 5. The summed E-state index contributed by atoms with van der Waals surface area (Å²) in [4.78, 5) is 25.1. The number of nitrogens with one attached hydrogen (secondary N) is 2. The summed E-state index contributed by atoms with van der Waals surface area (Å²) in [6.45, 7) is 6.22. The van der Waals surface area contributed by atoms with Crippen LogP contribution in [0.15, 0.2) is 59.9 Å². The first-order chi connectivity index (χ1) is 18.6. The SMILES string of the molecule is CCc1c(Oc2ccc(C(=O)NC)nc2)nc(NS(=O)(=O)c2cnn(C)c2)nc1-c1ccccc1CC(C)C. The van der Waals surface area contributed by atoms with Crippen LogP contribution < -0.4 is 14.8 Å². The summed E-state index contributed by atoms with van der Waals surface area (Å²) in [7, 11) is -0.865. The van der Waals surface area contributed by atoms with Gasteiger partial charge in [-0.25, -0.2) is 23.1 Å². The number of aryl methyl sites for hydroxylation is 1. The van der Waals surface area contributed by atoms with Gasteiger partial charge in [0.25, 0.3) is 15.9 Å². The Balaban J connectivity index is 1.84. The molecule has 4 aromatic rings. The second kappa shape index (κ2) is 11.6. The number of nitrogens with zero attached hydrogens (tertiary/aromatic N) is 5. The number of rotatable bonds is 10. The van der Waals surface area contributed by atoms with E-state index in [9.17, 15) is 13.2 Å². The Morgan fingerprint density at radius 2 is 1.87 bits per heavy atom. The molecule has 0 unspecified atom stereocenters. The molecule has 12 heteroatoms. The van der Waals surface area contributed by atoms with Gasteiger partial charge in [0.2, 0.25) is 11.8 Å². The van der Waals surface area contributed by atoms with Crippen molar-refractivity contribution >= 4 is 21.9 Å². The summed E-state index contributed by atoms with van der Waals surface area (Å²) < 4.78 is 36.2. The molecular formula is C27H31N7O4S.